The minimum absolute atomic E-state index is 0.0101. The van der Waals surface area contributed by atoms with E-state index < -0.39 is 150 Å². The van der Waals surface area contributed by atoms with Gasteiger partial charge in [-0.1, -0.05) is 81.2 Å². The number of anilines is 2. The Morgan fingerprint density at radius 3 is 0.848 bits per heavy atom. The van der Waals surface area contributed by atoms with Crippen molar-refractivity contribution in [3.63, 3.8) is 0 Å². The van der Waals surface area contributed by atoms with Gasteiger partial charge in [0.15, 0.2) is 0 Å². The topological polar surface area (TPSA) is 74.8 Å². The summed E-state index contributed by atoms with van der Waals surface area (Å²) >= 11 is 48.1. The summed E-state index contributed by atoms with van der Waals surface area (Å²) in [4.78, 5) is 57.9. The molecule has 0 saturated carbocycles. The maximum atomic E-state index is 14.5. The molecule has 25 heteroatoms. The van der Waals surface area contributed by atoms with Crippen molar-refractivity contribution >= 4 is 159 Å². The summed E-state index contributed by atoms with van der Waals surface area (Å²) < 4.78 is 168. The lowest BCUT2D eigenvalue weighted by Crippen LogP contribution is -2.41. The number of rotatable bonds is 2. The summed E-state index contributed by atoms with van der Waals surface area (Å²) in [6, 6.07) is -0.0575. The molecule has 0 spiro atoms. The molecular formula is C41H9Cl7F12N2O4. The van der Waals surface area contributed by atoms with E-state index in [1.807, 2.05) is 0 Å². The molecule has 0 aliphatic carbocycles. The Morgan fingerprint density at radius 1 is 0.333 bits per heavy atom. The molecule has 0 radical (unpaired) electrons. The van der Waals surface area contributed by atoms with Crippen LogP contribution >= 0.6 is 81.2 Å². The van der Waals surface area contributed by atoms with Gasteiger partial charge in [0.1, 0.15) is 0 Å². The highest BCUT2D eigenvalue weighted by Gasteiger charge is 2.47. The maximum Gasteiger partial charge on any atom is 0.416 e. The third-order valence-electron chi connectivity index (χ3n) is 11.1. The number of fused-ring (bicyclic) bond motifs is 2. The lowest BCUT2D eigenvalue weighted by atomic mass is 9.80. The molecule has 0 N–H and O–H groups in total. The van der Waals surface area contributed by atoms with E-state index in [4.69, 9.17) is 81.2 Å². The number of halogens is 19. The van der Waals surface area contributed by atoms with Gasteiger partial charge in [-0.3, -0.25) is 19.2 Å². The van der Waals surface area contributed by atoms with Crippen LogP contribution in [0.3, 0.4) is 0 Å². The number of hydrogen-bond acceptors (Lipinski definition) is 4. The minimum atomic E-state index is -5.44. The van der Waals surface area contributed by atoms with Crippen molar-refractivity contribution in [1.82, 2.24) is 0 Å². The molecule has 7 aromatic carbocycles. The lowest BCUT2D eigenvalue weighted by Gasteiger charge is -2.33. The van der Waals surface area contributed by atoms with Crippen LogP contribution in [0.4, 0.5) is 64.1 Å². The summed E-state index contributed by atoms with van der Waals surface area (Å²) in [6.45, 7) is 1.16. The Hall–Kier alpha value is -4.69. The Bertz CT molecular complexity index is 3080. The number of imide groups is 2. The molecule has 9 rings (SSSR count). The maximum absolute atomic E-state index is 14.5. The number of benzene rings is 7. The molecule has 2 aliphatic rings. The van der Waals surface area contributed by atoms with Gasteiger partial charge in [0.2, 0.25) is 0 Å². The van der Waals surface area contributed by atoms with E-state index in [2.05, 4.69) is 0 Å². The van der Waals surface area contributed by atoms with E-state index in [0.29, 0.717) is 0 Å². The highest BCUT2D eigenvalue weighted by molar-refractivity contribution is 6.63. The summed E-state index contributed by atoms with van der Waals surface area (Å²) in [5.74, 6) is -6.29. The Balaban J connectivity index is 1.41. The van der Waals surface area contributed by atoms with Crippen LogP contribution in [-0.2, 0) is 24.7 Å². The zero-order valence-electron chi connectivity index (χ0n) is 31.2. The molecule has 7 aromatic rings. The van der Waals surface area contributed by atoms with Gasteiger partial charge in [0.25, 0.3) is 23.6 Å². The normalized spacial score (nSPS) is 15.0. The van der Waals surface area contributed by atoms with E-state index in [9.17, 15) is 71.9 Å². The van der Waals surface area contributed by atoms with E-state index in [-0.39, 0.29) is 84.1 Å². The molecule has 0 fully saturated rings. The number of hydrogen-bond donors (Lipinski definition) is 0. The zero-order valence-corrected chi connectivity index (χ0v) is 36.5. The average Bonchev–Trinajstić information content (AvgIpc) is 3.20. The highest BCUT2D eigenvalue weighted by Crippen LogP contribution is 2.59. The third-order valence-corrected chi connectivity index (χ3v) is 14.2. The van der Waals surface area contributed by atoms with Gasteiger partial charge >= 0.3 is 24.7 Å². The second-order valence-corrected chi connectivity index (χ2v) is 17.4. The third kappa shape index (κ3) is 6.27. The molecule has 0 unspecified atom stereocenters. The lowest BCUT2D eigenvalue weighted by molar-refractivity contribution is -0.144. The van der Waals surface area contributed by atoms with Gasteiger partial charge < -0.3 is 0 Å². The Morgan fingerprint density at radius 2 is 0.576 bits per heavy atom. The predicted molar refractivity (Wildman–Crippen MR) is 223 cm³/mol. The van der Waals surface area contributed by atoms with Gasteiger partial charge in [0, 0.05) is 43.1 Å². The summed E-state index contributed by atoms with van der Waals surface area (Å²) in [6.07, 6.45) is -21.7. The smallest absolute Gasteiger partial charge is 0.268 e. The predicted octanol–water partition coefficient (Wildman–Crippen LogP) is 16.3. The van der Waals surface area contributed by atoms with Crippen LogP contribution in [-0.4, -0.2) is 23.6 Å². The van der Waals surface area contributed by atoms with Crippen LogP contribution in [0.15, 0.2) is 36.4 Å². The largest absolute Gasteiger partial charge is 0.416 e. The SMILES string of the molecule is Cc1c2c3c(c(Cl)c(Cl)c4c5c(Cl)c(Cl)c6c7c(c(Cl)c(Cl)c(c(c1Cl)c34)c75)C(=O)N(c1cc(C(F)(F)F)cc(C(F)(F)F)c1)C6=O)C(=O)N(c1cc(C(F)(F)F)cc(C(F)(F)F)c1)C2=O. The monoisotopic (exact) mass is 1070 g/mol. The van der Waals surface area contributed by atoms with Crippen LogP contribution in [0.5, 0.6) is 0 Å². The van der Waals surface area contributed by atoms with Crippen molar-refractivity contribution in [1.29, 1.82) is 0 Å². The fourth-order valence-electron chi connectivity index (χ4n) is 8.46. The van der Waals surface area contributed by atoms with Gasteiger partial charge in [-0.2, -0.15) is 52.7 Å². The van der Waals surface area contributed by atoms with Crippen molar-refractivity contribution in [2.45, 2.75) is 31.6 Å². The second-order valence-electron chi connectivity index (χ2n) is 14.7. The zero-order chi connectivity index (χ0) is 48.7. The standard InChI is InChI=1S/C41H9Cl7F12N2O4/c1-8-15-16-17-20(27(8)42)21-18-19-25(32(47)28(21)43)36(65)62(14-6-11(40(55,56)57)3-12(7-14)41(58,59)60)37(66)26(19)33(48)30(45)23(18)22(17)29(44)31(46)24(16)35(64)61(34(15)63)13-4-9(38(49,50)51)2-10(5-13)39(52,53)54/h2-7H,1H3. The van der Waals surface area contributed by atoms with Crippen molar-refractivity contribution in [2.24, 2.45) is 0 Å². The Labute approximate surface area is 392 Å². The van der Waals surface area contributed by atoms with E-state index >= 15 is 0 Å². The number of carbonyl (C=O) groups is 4. The molecule has 0 atom stereocenters. The first-order chi connectivity index (χ1) is 30.3. The molecule has 4 amide bonds. The Kier molecular flexibility index (Phi) is 10.1. The van der Waals surface area contributed by atoms with Crippen molar-refractivity contribution in [3.8, 4) is 0 Å². The first-order valence-corrected chi connectivity index (χ1v) is 20.4. The summed E-state index contributed by atoms with van der Waals surface area (Å²) in [5.41, 5.74) is -13.3. The average molecular weight is 1070 g/mol. The van der Waals surface area contributed by atoms with Crippen LogP contribution in [0.1, 0.15) is 69.2 Å². The van der Waals surface area contributed by atoms with Crippen molar-refractivity contribution < 1.29 is 71.9 Å². The van der Waals surface area contributed by atoms with Crippen LogP contribution in [0.25, 0.3) is 43.1 Å². The number of carbonyl (C=O) groups excluding carboxylic acids is 4. The fourth-order valence-corrected chi connectivity index (χ4v) is 10.4. The highest BCUT2D eigenvalue weighted by atomic mass is 35.5. The first kappa shape index (κ1) is 46.4. The van der Waals surface area contributed by atoms with E-state index in [1.165, 1.54) is 0 Å². The van der Waals surface area contributed by atoms with Crippen molar-refractivity contribution in [2.75, 3.05) is 9.80 Å². The van der Waals surface area contributed by atoms with Crippen LogP contribution in [0, 0.1) is 6.92 Å². The molecule has 66 heavy (non-hydrogen) atoms. The molecule has 6 nitrogen and oxygen atoms in total. The van der Waals surface area contributed by atoms with E-state index in [0.717, 1.165) is 6.92 Å². The summed E-state index contributed by atoms with van der Waals surface area (Å²) in [7, 11) is 0. The van der Waals surface area contributed by atoms with Crippen LogP contribution < -0.4 is 9.80 Å². The molecule has 340 valence electrons. The summed E-state index contributed by atoms with van der Waals surface area (Å²) in [5, 5.41) is -7.77. The molecule has 0 saturated heterocycles. The minimum Gasteiger partial charge on any atom is -0.268 e. The van der Waals surface area contributed by atoms with Crippen LogP contribution in [0.2, 0.25) is 35.2 Å². The first-order valence-electron chi connectivity index (χ1n) is 17.7. The molecule has 0 aromatic heterocycles. The quantitative estimate of drug-likeness (QED) is 0.0748. The van der Waals surface area contributed by atoms with Gasteiger partial charge in [0.05, 0.1) is 91.0 Å². The van der Waals surface area contributed by atoms with Gasteiger partial charge in [-0.25, -0.2) is 9.80 Å². The molecule has 0 bridgehead atoms. The fraction of sp³-hybridized carbons (Fsp3) is 0.122. The number of amides is 4. The van der Waals surface area contributed by atoms with E-state index in [1.54, 1.807) is 0 Å². The number of alkyl halides is 12. The van der Waals surface area contributed by atoms with Gasteiger partial charge in [-0.05, 0) is 48.9 Å². The molecular weight excluding hydrogens is 1060 g/mol. The van der Waals surface area contributed by atoms with Crippen molar-refractivity contribution in [3.05, 3.63) is 122 Å². The number of nitrogens with zero attached hydrogens (tertiary/aromatic N) is 2. The second kappa shape index (κ2) is 14.4. The molecule has 2 aliphatic heterocycles. The van der Waals surface area contributed by atoms with Gasteiger partial charge in [-0.15, -0.1) is 0 Å². The molecule has 2 heterocycles.